The maximum atomic E-state index is 12.7. The Morgan fingerprint density at radius 1 is 1.07 bits per heavy atom. The second-order valence-electron chi connectivity index (χ2n) is 7.77. The molecule has 0 bridgehead atoms. The Morgan fingerprint density at radius 2 is 1.80 bits per heavy atom. The standard InChI is InChI=1S/C22H27N3O4S/c1-2-12-24-13-11-18(16-24)17-3-5-19(6-4-17)23-30(27,28)21-9-7-20(8-10-21)25-14-15-29-22(25)26/h3-10,18,23H,2,11-16H2,1H3. The smallest absolute Gasteiger partial charge is 0.414 e. The predicted octanol–water partition coefficient (Wildman–Crippen LogP) is 3.64. The van der Waals surface area contributed by atoms with Crippen LogP contribution >= 0.6 is 0 Å². The highest BCUT2D eigenvalue weighted by Gasteiger charge is 2.25. The largest absolute Gasteiger partial charge is 0.447 e. The maximum absolute atomic E-state index is 12.7. The second kappa shape index (κ2) is 8.65. The van der Waals surface area contributed by atoms with Gasteiger partial charge in [0, 0.05) is 17.9 Å². The van der Waals surface area contributed by atoms with Crippen molar-refractivity contribution >= 4 is 27.5 Å². The van der Waals surface area contributed by atoms with Gasteiger partial charge in [0.15, 0.2) is 0 Å². The highest BCUT2D eigenvalue weighted by atomic mass is 32.2. The number of ether oxygens (including phenoxy) is 1. The van der Waals surface area contributed by atoms with Gasteiger partial charge in [0.2, 0.25) is 0 Å². The summed E-state index contributed by atoms with van der Waals surface area (Å²) in [6, 6.07) is 13.9. The van der Waals surface area contributed by atoms with E-state index in [4.69, 9.17) is 4.74 Å². The van der Waals surface area contributed by atoms with Crippen molar-refractivity contribution in [3.05, 3.63) is 54.1 Å². The number of rotatable bonds is 7. The fourth-order valence-electron chi connectivity index (χ4n) is 4.09. The average molecular weight is 430 g/mol. The SMILES string of the molecule is CCCN1CCC(c2ccc(NS(=O)(=O)c3ccc(N4CCOC4=O)cc3)cc2)C1. The van der Waals surface area contributed by atoms with Gasteiger partial charge in [0.1, 0.15) is 6.61 Å². The summed E-state index contributed by atoms with van der Waals surface area (Å²) in [6.07, 6.45) is 1.89. The Balaban J connectivity index is 1.41. The number of cyclic esters (lactones) is 1. The van der Waals surface area contributed by atoms with Gasteiger partial charge < -0.3 is 9.64 Å². The molecule has 4 rings (SSSR count). The van der Waals surface area contributed by atoms with Crippen molar-refractivity contribution in [3.63, 3.8) is 0 Å². The van der Waals surface area contributed by atoms with E-state index < -0.39 is 16.1 Å². The van der Waals surface area contributed by atoms with E-state index in [9.17, 15) is 13.2 Å². The van der Waals surface area contributed by atoms with Crippen LogP contribution in [0.5, 0.6) is 0 Å². The van der Waals surface area contributed by atoms with Gasteiger partial charge >= 0.3 is 6.09 Å². The zero-order chi connectivity index (χ0) is 21.1. The molecule has 2 fully saturated rings. The first-order chi connectivity index (χ1) is 14.5. The lowest BCUT2D eigenvalue weighted by molar-refractivity contribution is 0.181. The van der Waals surface area contributed by atoms with E-state index in [0.29, 0.717) is 30.4 Å². The van der Waals surface area contributed by atoms with E-state index in [0.717, 1.165) is 32.5 Å². The van der Waals surface area contributed by atoms with Crippen LogP contribution in [0.2, 0.25) is 0 Å². The lowest BCUT2D eigenvalue weighted by Crippen LogP contribution is -2.23. The van der Waals surface area contributed by atoms with Gasteiger partial charge in [0.05, 0.1) is 11.4 Å². The highest BCUT2D eigenvalue weighted by Crippen LogP contribution is 2.29. The molecule has 1 unspecified atom stereocenters. The number of carbonyl (C=O) groups excluding carboxylic acids is 1. The Hall–Kier alpha value is -2.58. The number of anilines is 2. The normalized spacial score (nSPS) is 19.8. The number of hydrogen-bond donors (Lipinski definition) is 1. The molecule has 2 heterocycles. The Bertz CT molecular complexity index is 990. The molecule has 7 nitrogen and oxygen atoms in total. The van der Waals surface area contributed by atoms with Crippen molar-refractivity contribution in [2.24, 2.45) is 0 Å². The summed E-state index contributed by atoms with van der Waals surface area (Å²) in [5, 5.41) is 0. The fourth-order valence-corrected chi connectivity index (χ4v) is 5.15. The molecule has 2 aliphatic heterocycles. The van der Waals surface area contributed by atoms with E-state index in [1.807, 2.05) is 24.3 Å². The quantitative estimate of drug-likeness (QED) is 0.727. The number of hydrogen-bond acceptors (Lipinski definition) is 5. The van der Waals surface area contributed by atoms with Crippen LogP contribution < -0.4 is 9.62 Å². The summed E-state index contributed by atoms with van der Waals surface area (Å²) < 4.78 is 33.0. The second-order valence-corrected chi connectivity index (χ2v) is 9.46. The first kappa shape index (κ1) is 20.7. The number of benzene rings is 2. The van der Waals surface area contributed by atoms with Crippen molar-refractivity contribution in [2.75, 3.05) is 42.4 Å². The topological polar surface area (TPSA) is 79.0 Å². The number of carbonyl (C=O) groups is 1. The van der Waals surface area contributed by atoms with Crippen molar-refractivity contribution in [1.82, 2.24) is 4.90 Å². The third-order valence-electron chi connectivity index (χ3n) is 5.67. The summed E-state index contributed by atoms with van der Waals surface area (Å²) in [7, 11) is -3.71. The molecule has 2 aromatic rings. The zero-order valence-corrected chi connectivity index (χ0v) is 17.9. The summed E-state index contributed by atoms with van der Waals surface area (Å²) in [5.41, 5.74) is 2.40. The molecule has 0 spiro atoms. The van der Waals surface area contributed by atoms with Gasteiger partial charge in [-0.25, -0.2) is 13.2 Å². The van der Waals surface area contributed by atoms with E-state index in [1.54, 1.807) is 12.1 Å². The molecular weight excluding hydrogens is 402 g/mol. The Morgan fingerprint density at radius 3 is 2.43 bits per heavy atom. The molecule has 0 aromatic heterocycles. The molecule has 0 aliphatic carbocycles. The van der Waals surface area contributed by atoms with Crippen molar-refractivity contribution in [2.45, 2.75) is 30.6 Å². The van der Waals surface area contributed by atoms with Crippen LogP contribution in [0, 0.1) is 0 Å². The van der Waals surface area contributed by atoms with Crippen LogP contribution in [0.15, 0.2) is 53.4 Å². The highest BCUT2D eigenvalue weighted by molar-refractivity contribution is 7.92. The molecule has 1 N–H and O–H groups in total. The summed E-state index contributed by atoms with van der Waals surface area (Å²) in [6.45, 7) is 6.32. The zero-order valence-electron chi connectivity index (χ0n) is 17.1. The van der Waals surface area contributed by atoms with Gasteiger partial charge in [-0.15, -0.1) is 0 Å². The van der Waals surface area contributed by atoms with E-state index >= 15 is 0 Å². The van der Waals surface area contributed by atoms with Crippen LogP contribution in [0.4, 0.5) is 16.2 Å². The molecule has 30 heavy (non-hydrogen) atoms. The fraction of sp³-hybridized carbons (Fsp3) is 0.409. The van der Waals surface area contributed by atoms with Crippen molar-refractivity contribution < 1.29 is 17.9 Å². The van der Waals surface area contributed by atoms with Crippen LogP contribution in [0.1, 0.15) is 31.2 Å². The molecule has 2 aromatic carbocycles. The first-order valence-electron chi connectivity index (χ1n) is 10.4. The number of sulfonamides is 1. The molecule has 2 saturated heterocycles. The third-order valence-corrected chi connectivity index (χ3v) is 7.06. The van der Waals surface area contributed by atoms with Gasteiger partial charge in [-0.2, -0.15) is 0 Å². The summed E-state index contributed by atoms with van der Waals surface area (Å²) >= 11 is 0. The minimum atomic E-state index is -3.71. The number of likely N-dealkylation sites (tertiary alicyclic amines) is 1. The maximum Gasteiger partial charge on any atom is 0.414 e. The number of amides is 1. The van der Waals surface area contributed by atoms with Crippen molar-refractivity contribution in [1.29, 1.82) is 0 Å². The number of nitrogens with zero attached hydrogens (tertiary/aromatic N) is 2. The lowest BCUT2D eigenvalue weighted by Gasteiger charge is -2.15. The minimum Gasteiger partial charge on any atom is -0.447 e. The molecule has 1 atom stereocenters. The van der Waals surface area contributed by atoms with Crippen LogP contribution in [0.3, 0.4) is 0 Å². The predicted molar refractivity (Wildman–Crippen MR) is 116 cm³/mol. The Kier molecular flexibility index (Phi) is 5.97. The van der Waals surface area contributed by atoms with Gasteiger partial charge in [-0.1, -0.05) is 19.1 Å². The summed E-state index contributed by atoms with van der Waals surface area (Å²) in [4.78, 5) is 15.7. The minimum absolute atomic E-state index is 0.147. The molecule has 2 aliphatic rings. The van der Waals surface area contributed by atoms with E-state index in [2.05, 4.69) is 16.5 Å². The molecule has 8 heteroatoms. The molecular formula is C22H27N3O4S. The monoisotopic (exact) mass is 429 g/mol. The lowest BCUT2D eigenvalue weighted by atomic mass is 9.98. The molecule has 160 valence electrons. The van der Waals surface area contributed by atoms with Crippen LogP contribution in [-0.2, 0) is 14.8 Å². The van der Waals surface area contributed by atoms with E-state index in [-0.39, 0.29) is 4.90 Å². The summed E-state index contributed by atoms with van der Waals surface area (Å²) in [5.74, 6) is 0.507. The van der Waals surface area contributed by atoms with Crippen LogP contribution in [-0.4, -0.2) is 52.2 Å². The van der Waals surface area contributed by atoms with Crippen molar-refractivity contribution in [3.8, 4) is 0 Å². The average Bonchev–Trinajstić information content (AvgIpc) is 3.38. The molecule has 1 amide bonds. The molecule has 0 saturated carbocycles. The van der Waals surface area contributed by atoms with Gasteiger partial charge in [0.25, 0.3) is 10.0 Å². The number of nitrogens with one attached hydrogen (secondary N) is 1. The van der Waals surface area contributed by atoms with Crippen LogP contribution in [0.25, 0.3) is 0 Å². The van der Waals surface area contributed by atoms with E-state index in [1.165, 1.54) is 22.6 Å². The van der Waals surface area contributed by atoms with Gasteiger partial charge in [-0.3, -0.25) is 9.62 Å². The Labute approximate surface area is 177 Å². The third kappa shape index (κ3) is 4.44. The molecule has 0 radical (unpaired) electrons. The van der Waals surface area contributed by atoms with Gasteiger partial charge in [-0.05, 0) is 73.8 Å². The first-order valence-corrected chi connectivity index (χ1v) is 11.8.